The predicted octanol–water partition coefficient (Wildman–Crippen LogP) is 8.42. The third-order valence-electron chi connectivity index (χ3n) is 5.72. The van der Waals surface area contributed by atoms with Crippen molar-refractivity contribution < 1.29 is 57.9 Å². The van der Waals surface area contributed by atoms with Gasteiger partial charge in [0.2, 0.25) is 0 Å². The van der Waals surface area contributed by atoms with Gasteiger partial charge in [0.1, 0.15) is 5.15 Å². The Morgan fingerprint density at radius 2 is 1.43 bits per heavy atom. The Hall–Kier alpha value is -3.47. The van der Waals surface area contributed by atoms with Gasteiger partial charge in [-0.2, -0.15) is 39.5 Å². The van der Waals surface area contributed by atoms with Gasteiger partial charge in [0.05, 0.1) is 44.2 Å². The van der Waals surface area contributed by atoms with E-state index in [-0.39, 0.29) is 26.8 Å². The Morgan fingerprint density at radius 1 is 0.833 bits per heavy atom. The van der Waals surface area contributed by atoms with Crippen molar-refractivity contribution >= 4 is 50.9 Å². The van der Waals surface area contributed by atoms with Gasteiger partial charge in [0, 0.05) is 18.8 Å². The van der Waals surface area contributed by atoms with Crippen LogP contribution in [0.5, 0.6) is 0 Å². The van der Waals surface area contributed by atoms with Crippen molar-refractivity contribution in [1.29, 1.82) is 0 Å². The number of halogens is 13. The van der Waals surface area contributed by atoms with Gasteiger partial charge >= 0.3 is 24.2 Å². The van der Waals surface area contributed by atoms with Crippen LogP contribution in [-0.4, -0.2) is 36.2 Å². The smallest absolute Gasteiger partial charge is 0.309 e. The lowest BCUT2D eigenvalue weighted by Gasteiger charge is -2.31. The first-order valence-corrected chi connectivity index (χ1v) is 11.9. The third-order valence-corrected chi connectivity index (χ3v) is 6.65. The molecule has 226 valence electrons. The first-order valence-electron chi connectivity index (χ1n) is 10.8. The lowest BCUT2D eigenvalue weighted by molar-refractivity contribution is -0.348. The lowest BCUT2D eigenvalue weighted by atomic mass is 9.92. The number of amides is 2. The molecule has 0 unspecified atom stereocenters. The fraction of sp³-hybridized carbons (Fsp3) is 0.208. The van der Waals surface area contributed by atoms with E-state index in [9.17, 15) is 53.5 Å². The van der Waals surface area contributed by atoms with Crippen molar-refractivity contribution in [3.05, 3.63) is 88.0 Å². The van der Waals surface area contributed by atoms with Gasteiger partial charge in [0.25, 0.3) is 11.8 Å². The second kappa shape index (κ2) is 11.3. The number of nitrogens with zero attached hydrogens (tertiary/aromatic N) is 3. The zero-order valence-corrected chi connectivity index (χ0v) is 22.6. The Balaban J connectivity index is 2.08. The van der Waals surface area contributed by atoms with E-state index in [2.05, 4.69) is 21.1 Å². The van der Waals surface area contributed by atoms with Crippen molar-refractivity contribution in [3.63, 3.8) is 0 Å². The summed E-state index contributed by atoms with van der Waals surface area (Å²) in [5, 5.41) is 0.0330. The highest BCUT2D eigenvalue weighted by Crippen LogP contribution is 2.54. The maximum absolute atomic E-state index is 15.4. The van der Waals surface area contributed by atoms with Gasteiger partial charge in [-0.15, -0.1) is 0 Å². The summed E-state index contributed by atoms with van der Waals surface area (Å²) in [5.41, 5.74) is -13.9. The summed E-state index contributed by atoms with van der Waals surface area (Å²) in [6.07, 6.45) is -18.1. The molecule has 0 aliphatic carbocycles. The van der Waals surface area contributed by atoms with Crippen molar-refractivity contribution in [2.24, 2.45) is 0 Å². The van der Waals surface area contributed by atoms with Gasteiger partial charge < -0.3 is 4.90 Å². The summed E-state index contributed by atoms with van der Waals surface area (Å²) in [5.74, 6) is -3.91. The molecule has 0 bridgehead atoms. The van der Waals surface area contributed by atoms with Crippen molar-refractivity contribution in [2.75, 3.05) is 15.9 Å². The molecule has 0 saturated heterocycles. The van der Waals surface area contributed by atoms with Crippen LogP contribution in [0.2, 0.25) is 5.15 Å². The molecule has 0 aliphatic heterocycles. The van der Waals surface area contributed by atoms with Gasteiger partial charge in [-0.3, -0.25) is 9.59 Å². The van der Waals surface area contributed by atoms with Crippen LogP contribution in [-0.2, 0) is 11.8 Å². The van der Waals surface area contributed by atoms with Crippen LogP contribution >= 0.6 is 27.7 Å². The zero-order chi connectivity index (χ0) is 32.0. The molecule has 0 saturated carbocycles. The molecule has 2 amide bonds. The number of anilines is 2. The summed E-state index contributed by atoms with van der Waals surface area (Å²) in [4.78, 5) is 30.1. The van der Waals surface area contributed by atoms with Crippen molar-refractivity contribution in [3.8, 4) is 0 Å². The van der Waals surface area contributed by atoms with E-state index in [0.717, 1.165) is 36.3 Å². The number of hydrogen-bond acceptors (Lipinski definition) is 3. The van der Waals surface area contributed by atoms with Gasteiger partial charge in [-0.05, 0) is 36.4 Å². The molecule has 0 spiro atoms. The molecule has 3 aromatic rings. The average Bonchev–Trinajstić information content (AvgIpc) is 2.89. The number of alkyl halides is 10. The largest absolute Gasteiger partial charge is 0.435 e. The Labute approximate surface area is 241 Å². The predicted molar refractivity (Wildman–Crippen MR) is 130 cm³/mol. The molecule has 1 heterocycles. The summed E-state index contributed by atoms with van der Waals surface area (Å²) in [6, 6.07) is 4.31. The van der Waals surface area contributed by atoms with Crippen molar-refractivity contribution in [2.45, 2.75) is 24.2 Å². The minimum Gasteiger partial charge on any atom is -0.309 e. The van der Waals surface area contributed by atoms with Gasteiger partial charge in [0.15, 0.2) is 5.82 Å². The maximum atomic E-state index is 15.4. The molecule has 5 nitrogen and oxygen atoms in total. The molecule has 2 aromatic carbocycles. The third kappa shape index (κ3) is 6.02. The van der Waals surface area contributed by atoms with E-state index < -0.39 is 76.0 Å². The molecule has 3 rings (SSSR count). The molecular weight excluding hydrogens is 687 g/mol. The highest BCUT2D eigenvalue weighted by Gasteiger charge is 2.73. The molecule has 0 radical (unpaired) electrons. The fourth-order valence-corrected chi connectivity index (χ4v) is 4.21. The molecule has 0 atom stereocenters. The van der Waals surface area contributed by atoms with E-state index in [4.69, 9.17) is 11.6 Å². The molecular formula is C24H12BrClF11N3O2. The second-order valence-corrected chi connectivity index (χ2v) is 9.44. The van der Waals surface area contributed by atoms with E-state index in [1.54, 1.807) is 0 Å². The van der Waals surface area contributed by atoms with Crippen LogP contribution in [0.1, 0.15) is 31.8 Å². The number of rotatable bonds is 5. The second-order valence-electron chi connectivity index (χ2n) is 8.34. The topological polar surface area (TPSA) is 53.5 Å². The van der Waals surface area contributed by atoms with Gasteiger partial charge in [-0.1, -0.05) is 23.7 Å². The highest BCUT2D eigenvalue weighted by atomic mass is 79.9. The number of carbonyl (C=O) groups is 2. The number of pyridine rings is 1. The SMILES string of the molecule is CN(C(=O)c1ccc(Cl)nc1)c1cccc(C(=O)N(Br)c2ccc(C(F)(C(F)(F)F)C(F)(F)F)cc2C(F)(F)F)c1F. The normalized spacial score (nSPS) is 12.7. The number of carbonyl (C=O) groups excluding carboxylic acids is 2. The van der Waals surface area contributed by atoms with Crippen molar-refractivity contribution in [1.82, 2.24) is 4.98 Å². The molecule has 0 aliphatic rings. The quantitative estimate of drug-likeness (QED) is 0.153. The van der Waals surface area contributed by atoms with Crippen LogP contribution in [0.4, 0.5) is 59.7 Å². The highest BCUT2D eigenvalue weighted by molar-refractivity contribution is 9.10. The van der Waals surface area contributed by atoms with Crippen LogP contribution in [0.25, 0.3) is 0 Å². The Bertz CT molecular complexity index is 1500. The summed E-state index contributed by atoms with van der Waals surface area (Å²) in [7, 11) is 1.08. The van der Waals surface area contributed by atoms with Crippen LogP contribution in [0.15, 0.2) is 54.7 Å². The van der Waals surface area contributed by atoms with Crippen LogP contribution < -0.4 is 8.83 Å². The average molecular weight is 699 g/mol. The minimum atomic E-state index is -6.71. The molecule has 0 N–H and O–H groups in total. The zero-order valence-electron chi connectivity index (χ0n) is 20.3. The monoisotopic (exact) mass is 697 g/mol. The molecule has 42 heavy (non-hydrogen) atoms. The van der Waals surface area contributed by atoms with E-state index in [1.807, 2.05) is 0 Å². The maximum Gasteiger partial charge on any atom is 0.435 e. The first-order chi connectivity index (χ1) is 19.1. The molecule has 0 fully saturated rings. The summed E-state index contributed by atoms with van der Waals surface area (Å²) in [6.45, 7) is 0. The number of hydrogen-bond donors (Lipinski definition) is 0. The first kappa shape index (κ1) is 33.0. The van der Waals surface area contributed by atoms with Gasteiger partial charge in [-0.25, -0.2) is 17.7 Å². The Morgan fingerprint density at radius 3 is 1.93 bits per heavy atom. The molecule has 18 heteroatoms. The molecule has 1 aromatic heterocycles. The van der Waals surface area contributed by atoms with E-state index in [0.29, 0.717) is 0 Å². The fourth-order valence-electron chi connectivity index (χ4n) is 3.60. The minimum absolute atomic E-state index is 0.0262. The van der Waals surface area contributed by atoms with Crippen LogP contribution in [0.3, 0.4) is 0 Å². The standard InChI is InChI=1S/C24H12BrClF11N3O2/c1-39(19(41)11-5-8-17(26)38-10-11)16-4-2-3-13(18(16)27)20(42)40(25)15-7-6-12(9-14(15)22(29,30)31)21(28,23(32,33)34)24(35,36)37/h2-10H,1H3. The number of benzene rings is 2. The van der Waals surface area contributed by atoms with E-state index in [1.165, 1.54) is 12.1 Å². The number of aromatic nitrogens is 1. The Kier molecular flexibility index (Phi) is 8.90. The van der Waals surface area contributed by atoms with Crippen LogP contribution in [0, 0.1) is 5.82 Å². The summed E-state index contributed by atoms with van der Waals surface area (Å²) < 4.78 is 150. The van der Waals surface area contributed by atoms with E-state index >= 15 is 4.39 Å². The lowest BCUT2D eigenvalue weighted by Crippen LogP contribution is -2.50. The summed E-state index contributed by atoms with van der Waals surface area (Å²) >= 11 is 8.08.